The van der Waals surface area contributed by atoms with Gasteiger partial charge in [-0.25, -0.2) is 0 Å². The van der Waals surface area contributed by atoms with E-state index in [1.54, 1.807) is 0 Å². The van der Waals surface area contributed by atoms with E-state index in [1.165, 1.54) is 71.2 Å². The maximum absolute atomic E-state index is 2.46. The molecule has 0 fully saturated rings. The van der Waals surface area contributed by atoms with Crippen LogP contribution in [0.1, 0.15) is 0 Å². The van der Waals surface area contributed by atoms with Gasteiger partial charge in [0.1, 0.15) is 0 Å². The van der Waals surface area contributed by atoms with Gasteiger partial charge in [0.15, 0.2) is 0 Å². The predicted octanol–water partition coefficient (Wildman–Crippen LogP) is 10.7. The number of fused-ring (bicyclic) bond motifs is 9. The predicted molar refractivity (Wildman–Crippen MR) is 178 cm³/mol. The lowest BCUT2D eigenvalue weighted by molar-refractivity contribution is 1.17. The number of benzene rings is 7. The molecule has 0 amide bonds. The minimum Gasteiger partial charge on any atom is -0.309 e. The van der Waals surface area contributed by atoms with Gasteiger partial charge in [0.2, 0.25) is 0 Å². The molecule has 2 heterocycles. The quantitative estimate of drug-likeness (QED) is 0.213. The molecular formula is C40H26N2. The fraction of sp³-hybridized carbons (Fsp3) is 0. The van der Waals surface area contributed by atoms with Gasteiger partial charge in [0.25, 0.3) is 0 Å². The van der Waals surface area contributed by atoms with E-state index >= 15 is 0 Å². The van der Waals surface area contributed by atoms with Crippen LogP contribution in [0, 0.1) is 0 Å². The lowest BCUT2D eigenvalue weighted by Crippen LogP contribution is -1.95. The zero-order chi connectivity index (χ0) is 27.6. The van der Waals surface area contributed by atoms with Crippen LogP contribution >= 0.6 is 0 Å². The molecule has 7 aromatic carbocycles. The molecule has 0 atom stereocenters. The summed E-state index contributed by atoms with van der Waals surface area (Å²) in [5.41, 5.74) is 9.68. The third-order valence-corrected chi connectivity index (χ3v) is 8.70. The van der Waals surface area contributed by atoms with Crippen molar-refractivity contribution in [3.05, 3.63) is 158 Å². The third-order valence-electron chi connectivity index (χ3n) is 8.70. The van der Waals surface area contributed by atoms with Crippen molar-refractivity contribution in [3.8, 4) is 22.5 Å². The Morgan fingerprint density at radius 1 is 0.310 bits per heavy atom. The lowest BCUT2D eigenvalue weighted by atomic mass is 10.0. The molecule has 0 bridgehead atoms. The Hall–Kier alpha value is -5.60. The highest BCUT2D eigenvalue weighted by atomic mass is 15.0. The Labute approximate surface area is 243 Å². The first-order chi connectivity index (χ1) is 20.9. The van der Waals surface area contributed by atoms with Crippen LogP contribution in [-0.2, 0) is 0 Å². The summed E-state index contributed by atoms with van der Waals surface area (Å²) < 4.78 is 4.90. The van der Waals surface area contributed by atoms with Gasteiger partial charge in [0.05, 0.1) is 22.1 Å². The molecule has 0 saturated heterocycles. The summed E-state index contributed by atoms with van der Waals surface area (Å²) in [5.74, 6) is 0. The van der Waals surface area contributed by atoms with E-state index in [9.17, 15) is 0 Å². The van der Waals surface area contributed by atoms with E-state index in [0.717, 1.165) is 5.69 Å². The Bertz CT molecular complexity index is 2430. The zero-order valence-electron chi connectivity index (χ0n) is 22.9. The van der Waals surface area contributed by atoms with E-state index in [2.05, 4.69) is 167 Å². The molecule has 0 N–H and O–H groups in total. The first kappa shape index (κ1) is 23.1. The van der Waals surface area contributed by atoms with Crippen LogP contribution < -0.4 is 0 Å². The van der Waals surface area contributed by atoms with Crippen LogP contribution in [-0.4, -0.2) is 9.13 Å². The Morgan fingerprint density at radius 2 is 0.905 bits per heavy atom. The number of hydrogen-bond acceptors (Lipinski definition) is 0. The fourth-order valence-corrected chi connectivity index (χ4v) is 6.88. The second-order valence-corrected chi connectivity index (χ2v) is 11.0. The lowest BCUT2D eigenvalue weighted by Gasteiger charge is -2.10. The number of rotatable bonds is 3. The van der Waals surface area contributed by atoms with Gasteiger partial charge >= 0.3 is 0 Å². The molecule has 2 nitrogen and oxygen atoms in total. The summed E-state index contributed by atoms with van der Waals surface area (Å²) in [7, 11) is 0. The van der Waals surface area contributed by atoms with E-state index in [0.29, 0.717) is 0 Å². The summed E-state index contributed by atoms with van der Waals surface area (Å²) >= 11 is 0. The van der Waals surface area contributed by atoms with Gasteiger partial charge in [-0.1, -0.05) is 115 Å². The van der Waals surface area contributed by atoms with Crippen LogP contribution in [0.15, 0.2) is 158 Å². The molecule has 2 heteroatoms. The average molecular weight is 535 g/mol. The maximum Gasteiger partial charge on any atom is 0.0641 e. The van der Waals surface area contributed by atoms with Gasteiger partial charge in [-0.15, -0.1) is 0 Å². The summed E-state index contributed by atoms with van der Waals surface area (Å²) in [6.07, 6.45) is 0. The average Bonchev–Trinajstić information content (AvgIpc) is 3.59. The number of hydrogen-bond donors (Lipinski definition) is 0. The molecule has 0 spiro atoms. The van der Waals surface area contributed by atoms with Crippen LogP contribution in [0.3, 0.4) is 0 Å². The Morgan fingerprint density at radius 3 is 1.71 bits per heavy atom. The van der Waals surface area contributed by atoms with Crippen molar-refractivity contribution in [3.63, 3.8) is 0 Å². The van der Waals surface area contributed by atoms with Crippen molar-refractivity contribution in [1.29, 1.82) is 0 Å². The van der Waals surface area contributed by atoms with Crippen molar-refractivity contribution in [2.45, 2.75) is 0 Å². The van der Waals surface area contributed by atoms with Gasteiger partial charge in [0, 0.05) is 32.9 Å². The summed E-state index contributed by atoms with van der Waals surface area (Å²) in [4.78, 5) is 0. The van der Waals surface area contributed by atoms with Gasteiger partial charge < -0.3 is 9.13 Å². The highest BCUT2D eigenvalue weighted by Gasteiger charge is 2.22. The SMILES string of the molecule is c1ccc(-c2ccc(-n3c4ccc5ccccc5c4c4c3ccc3c5ccccc5n(-c5ccccc5)c34)cc2)cc1. The molecule has 9 rings (SSSR count). The van der Waals surface area contributed by atoms with Crippen molar-refractivity contribution < 1.29 is 0 Å². The number of nitrogens with zero attached hydrogens (tertiary/aromatic N) is 2. The van der Waals surface area contributed by atoms with Crippen molar-refractivity contribution in [1.82, 2.24) is 9.13 Å². The van der Waals surface area contributed by atoms with Gasteiger partial charge in [-0.05, 0) is 64.4 Å². The normalized spacial score (nSPS) is 11.8. The third kappa shape index (κ3) is 3.27. The second kappa shape index (κ2) is 8.95. The molecule has 0 unspecified atom stereocenters. The number of para-hydroxylation sites is 2. The van der Waals surface area contributed by atoms with Gasteiger partial charge in [-0.2, -0.15) is 0 Å². The largest absolute Gasteiger partial charge is 0.309 e. The zero-order valence-corrected chi connectivity index (χ0v) is 22.9. The molecule has 2 aromatic heterocycles. The van der Waals surface area contributed by atoms with Crippen LogP contribution in [0.2, 0.25) is 0 Å². The molecule has 0 radical (unpaired) electrons. The fourth-order valence-electron chi connectivity index (χ4n) is 6.88. The molecular weight excluding hydrogens is 508 g/mol. The monoisotopic (exact) mass is 534 g/mol. The van der Waals surface area contributed by atoms with Crippen molar-refractivity contribution in [2.75, 3.05) is 0 Å². The van der Waals surface area contributed by atoms with E-state index in [1.807, 2.05) is 0 Å². The van der Waals surface area contributed by atoms with E-state index in [-0.39, 0.29) is 0 Å². The second-order valence-electron chi connectivity index (χ2n) is 11.0. The molecule has 42 heavy (non-hydrogen) atoms. The first-order valence-corrected chi connectivity index (χ1v) is 14.5. The first-order valence-electron chi connectivity index (χ1n) is 14.5. The smallest absolute Gasteiger partial charge is 0.0641 e. The minimum absolute atomic E-state index is 1.16. The highest BCUT2D eigenvalue weighted by Crippen LogP contribution is 2.44. The molecule has 0 aliphatic heterocycles. The number of aromatic nitrogens is 2. The molecule has 196 valence electrons. The van der Waals surface area contributed by atoms with Crippen LogP contribution in [0.4, 0.5) is 0 Å². The van der Waals surface area contributed by atoms with E-state index in [4.69, 9.17) is 0 Å². The summed E-state index contributed by atoms with van der Waals surface area (Å²) in [6, 6.07) is 57.1. The minimum atomic E-state index is 1.16. The highest BCUT2D eigenvalue weighted by molar-refractivity contribution is 6.31. The standard InChI is InChI=1S/C40H26N2/c1-3-11-27(12-4-1)28-19-22-31(23-20-28)41-36-25-21-29-13-7-8-16-32(29)38(36)39-37(41)26-24-34-33-17-9-10-18-35(33)42(40(34)39)30-14-5-2-6-15-30/h1-26H. The molecule has 0 saturated carbocycles. The van der Waals surface area contributed by atoms with Crippen molar-refractivity contribution >= 4 is 54.4 Å². The topological polar surface area (TPSA) is 9.86 Å². The van der Waals surface area contributed by atoms with Gasteiger partial charge in [-0.3, -0.25) is 0 Å². The van der Waals surface area contributed by atoms with Crippen LogP contribution in [0.5, 0.6) is 0 Å². The molecule has 0 aliphatic carbocycles. The summed E-state index contributed by atoms with van der Waals surface area (Å²) in [5, 5.41) is 7.65. The Balaban J connectivity index is 1.46. The van der Waals surface area contributed by atoms with E-state index < -0.39 is 0 Å². The molecule has 0 aliphatic rings. The molecule has 9 aromatic rings. The van der Waals surface area contributed by atoms with Crippen LogP contribution in [0.25, 0.3) is 76.9 Å². The maximum atomic E-state index is 2.46. The van der Waals surface area contributed by atoms with Crippen molar-refractivity contribution in [2.24, 2.45) is 0 Å². The Kier molecular flexibility index (Phi) is 4.93. The summed E-state index contributed by atoms with van der Waals surface area (Å²) in [6.45, 7) is 0.